The molecule has 0 aliphatic heterocycles. The smallest absolute Gasteiger partial charge is 0.196 e. The lowest BCUT2D eigenvalue weighted by Crippen LogP contribution is -2.03. The van der Waals surface area contributed by atoms with Gasteiger partial charge in [0.1, 0.15) is 11.5 Å². The van der Waals surface area contributed by atoms with Gasteiger partial charge in [0, 0.05) is 5.56 Å². The van der Waals surface area contributed by atoms with Crippen molar-refractivity contribution >= 4 is 5.78 Å². The molecular weight excluding hydrogens is 376 g/mol. The number of carbonyl (C=O) groups is 1. The van der Waals surface area contributed by atoms with Crippen molar-refractivity contribution in [3.8, 4) is 11.5 Å². The molecule has 2 aromatic carbocycles. The first-order valence-corrected chi connectivity index (χ1v) is 11.4. The molecule has 0 unspecified atom stereocenters. The van der Waals surface area contributed by atoms with Gasteiger partial charge >= 0.3 is 0 Å². The topological polar surface area (TPSA) is 66.8 Å². The number of rotatable bonds is 15. The zero-order valence-electron chi connectivity index (χ0n) is 18.2. The maximum absolute atomic E-state index is 12.6. The number of carbonyl (C=O) groups excluding carboxylic acids is 1. The van der Waals surface area contributed by atoms with Crippen LogP contribution in [0.15, 0.2) is 42.5 Å². The summed E-state index contributed by atoms with van der Waals surface area (Å²) < 4.78 is 5.78. The molecule has 0 atom stereocenters. The fraction of sp³-hybridized carbons (Fsp3) is 0.500. The fourth-order valence-electron chi connectivity index (χ4n) is 3.51. The van der Waals surface area contributed by atoms with Gasteiger partial charge in [-0.3, -0.25) is 4.79 Å². The molecule has 2 N–H and O–H groups in total. The van der Waals surface area contributed by atoms with Crippen LogP contribution in [0.5, 0.6) is 11.5 Å². The molecule has 2 rings (SSSR count). The zero-order valence-corrected chi connectivity index (χ0v) is 18.2. The molecule has 0 heterocycles. The van der Waals surface area contributed by atoms with E-state index < -0.39 is 0 Å². The number of phenolic OH excluding ortho intramolecular Hbond substituents is 1. The zero-order chi connectivity index (χ0) is 21.6. The number of aliphatic hydroxyl groups is 1. The van der Waals surface area contributed by atoms with Crippen molar-refractivity contribution in [1.29, 1.82) is 0 Å². The Morgan fingerprint density at radius 3 is 2.00 bits per heavy atom. The highest BCUT2D eigenvalue weighted by atomic mass is 16.5. The van der Waals surface area contributed by atoms with E-state index in [1.54, 1.807) is 36.4 Å². The average Bonchev–Trinajstić information content (AvgIpc) is 2.77. The first-order valence-electron chi connectivity index (χ1n) is 11.4. The molecule has 0 radical (unpaired) electrons. The Balaban J connectivity index is 1.66. The minimum absolute atomic E-state index is 0.118. The minimum Gasteiger partial charge on any atom is -0.507 e. The molecular formula is C26H36O4. The summed E-state index contributed by atoms with van der Waals surface area (Å²) in [4.78, 5) is 12.6. The van der Waals surface area contributed by atoms with Crippen molar-refractivity contribution < 1.29 is 19.7 Å². The molecule has 0 bridgehead atoms. The summed E-state index contributed by atoms with van der Waals surface area (Å²) in [5.74, 6) is 0.383. The molecule has 2 aromatic rings. The normalized spacial score (nSPS) is 10.9. The van der Waals surface area contributed by atoms with E-state index >= 15 is 0 Å². The van der Waals surface area contributed by atoms with Crippen LogP contribution in [-0.2, 0) is 6.61 Å². The number of hydrogen-bond donors (Lipinski definition) is 2. The van der Waals surface area contributed by atoms with E-state index in [9.17, 15) is 9.90 Å². The molecule has 0 fully saturated rings. The lowest BCUT2D eigenvalue weighted by molar-refractivity contribution is 0.103. The van der Waals surface area contributed by atoms with Gasteiger partial charge in [0.05, 0.1) is 18.8 Å². The largest absolute Gasteiger partial charge is 0.507 e. The molecule has 0 spiro atoms. The first kappa shape index (κ1) is 23.9. The van der Waals surface area contributed by atoms with Gasteiger partial charge in [-0.1, -0.05) is 70.8 Å². The molecule has 0 amide bonds. The van der Waals surface area contributed by atoms with Crippen LogP contribution in [0.4, 0.5) is 0 Å². The van der Waals surface area contributed by atoms with Crippen LogP contribution in [0.1, 0.15) is 92.6 Å². The number of phenols is 1. The second-order valence-corrected chi connectivity index (χ2v) is 7.89. The first-order chi connectivity index (χ1) is 14.7. The van der Waals surface area contributed by atoms with Gasteiger partial charge < -0.3 is 14.9 Å². The number of ketones is 1. The van der Waals surface area contributed by atoms with Crippen LogP contribution in [0, 0.1) is 0 Å². The summed E-state index contributed by atoms with van der Waals surface area (Å²) in [6.07, 6.45) is 13.0. The SMILES string of the molecule is CCCCCCCCCCCCOc1ccc(C(=O)c2ccc(CO)cc2O)cc1. The fourth-order valence-corrected chi connectivity index (χ4v) is 3.51. The third kappa shape index (κ3) is 8.19. The van der Waals surface area contributed by atoms with Crippen LogP contribution in [0.25, 0.3) is 0 Å². The molecule has 0 aliphatic rings. The Labute approximate surface area is 180 Å². The van der Waals surface area contributed by atoms with Crippen molar-refractivity contribution in [2.45, 2.75) is 77.7 Å². The van der Waals surface area contributed by atoms with Gasteiger partial charge in [-0.25, -0.2) is 0 Å². The van der Waals surface area contributed by atoms with Gasteiger partial charge in [0.15, 0.2) is 5.78 Å². The molecule has 0 saturated heterocycles. The van der Waals surface area contributed by atoms with Crippen LogP contribution < -0.4 is 4.74 Å². The summed E-state index contributed by atoms with van der Waals surface area (Å²) in [6, 6.07) is 11.6. The average molecular weight is 413 g/mol. The van der Waals surface area contributed by atoms with Crippen molar-refractivity contribution in [1.82, 2.24) is 0 Å². The quantitative estimate of drug-likeness (QED) is 0.262. The van der Waals surface area contributed by atoms with Crippen molar-refractivity contribution in [3.63, 3.8) is 0 Å². The van der Waals surface area contributed by atoms with E-state index in [-0.39, 0.29) is 23.7 Å². The van der Waals surface area contributed by atoms with Crippen molar-refractivity contribution in [3.05, 3.63) is 59.2 Å². The lowest BCUT2D eigenvalue weighted by atomic mass is 10.0. The van der Waals surface area contributed by atoms with E-state index in [1.807, 2.05) is 0 Å². The summed E-state index contributed by atoms with van der Waals surface area (Å²) in [6.45, 7) is 2.77. The van der Waals surface area contributed by atoms with Crippen LogP contribution in [0.2, 0.25) is 0 Å². The van der Waals surface area contributed by atoms with Gasteiger partial charge in [-0.15, -0.1) is 0 Å². The highest BCUT2D eigenvalue weighted by molar-refractivity contribution is 6.10. The van der Waals surface area contributed by atoms with E-state index in [0.29, 0.717) is 17.7 Å². The third-order valence-corrected chi connectivity index (χ3v) is 5.37. The maximum atomic E-state index is 12.6. The predicted molar refractivity (Wildman–Crippen MR) is 121 cm³/mol. The summed E-state index contributed by atoms with van der Waals surface area (Å²) in [5.41, 5.74) is 1.29. The standard InChI is InChI=1S/C26H36O4/c1-2-3-4-5-6-7-8-9-10-11-18-30-23-15-13-22(14-16-23)26(29)24-17-12-21(20-27)19-25(24)28/h12-17,19,27-28H,2-11,18,20H2,1H3. The van der Waals surface area contributed by atoms with Gasteiger partial charge in [-0.2, -0.15) is 0 Å². The Kier molecular flexibility index (Phi) is 11.0. The second-order valence-electron chi connectivity index (χ2n) is 7.89. The number of benzene rings is 2. The summed E-state index contributed by atoms with van der Waals surface area (Å²) in [5, 5.41) is 19.1. The van der Waals surface area contributed by atoms with Crippen LogP contribution in [-0.4, -0.2) is 22.6 Å². The van der Waals surface area contributed by atoms with Gasteiger partial charge in [-0.05, 0) is 48.4 Å². The lowest BCUT2D eigenvalue weighted by Gasteiger charge is -2.08. The molecule has 0 aliphatic carbocycles. The van der Waals surface area contributed by atoms with Crippen LogP contribution >= 0.6 is 0 Å². The van der Waals surface area contributed by atoms with Gasteiger partial charge in [0.25, 0.3) is 0 Å². The maximum Gasteiger partial charge on any atom is 0.196 e. The van der Waals surface area contributed by atoms with E-state index in [4.69, 9.17) is 9.84 Å². The molecule has 4 nitrogen and oxygen atoms in total. The van der Waals surface area contributed by atoms with Crippen molar-refractivity contribution in [2.75, 3.05) is 6.61 Å². The Bertz CT molecular complexity index is 752. The highest BCUT2D eigenvalue weighted by Gasteiger charge is 2.14. The Hall–Kier alpha value is -2.33. The molecule has 30 heavy (non-hydrogen) atoms. The third-order valence-electron chi connectivity index (χ3n) is 5.37. The molecule has 4 heteroatoms. The van der Waals surface area contributed by atoms with Crippen LogP contribution in [0.3, 0.4) is 0 Å². The predicted octanol–water partition coefficient (Wildman–Crippen LogP) is 6.42. The summed E-state index contributed by atoms with van der Waals surface area (Å²) >= 11 is 0. The Morgan fingerprint density at radius 1 is 0.833 bits per heavy atom. The van der Waals surface area contributed by atoms with Gasteiger partial charge in [0.2, 0.25) is 0 Å². The molecule has 0 aromatic heterocycles. The van der Waals surface area contributed by atoms with E-state index in [0.717, 1.165) is 12.2 Å². The minimum atomic E-state index is -0.252. The number of aromatic hydroxyl groups is 1. The van der Waals surface area contributed by atoms with E-state index in [1.165, 1.54) is 63.9 Å². The van der Waals surface area contributed by atoms with Crippen molar-refractivity contribution in [2.24, 2.45) is 0 Å². The number of hydrogen-bond acceptors (Lipinski definition) is 4. The second kappa shape index (κ2) is 13.8. The molecule has 0 saturated carbocycles. The summed E-state index contributed by atoms with van der Waals surface area (Å²) in [7, 11) is 0. The number of ether oxygens (including phenoxy) is 1. The van der Waals surface area contributed by atoms with E-state index in [2.05, 4.69) is 6.92 Å². The Morgan fingerprint density at radius 2 is 1.43 bits per heavy atom. The highest BCUT2D eigenvalue weighted by Crippen LogP contribution is 2.23. The number of aliphatic hydroxyl groups excluding tert-OH is 1. The monoisotopic (exact) mass is 412 g/mol. The molecule has 164 valence electrons. The number of unbranched alkanes of at least 4 members (excludes halogenated alkanes) is 9.